The number of nitrogens with zero attached hydrogens (tertiary/aromatic N) is 1. The predicted molar refractivity (Wildman–Crippen MR) is 84.8 cm³/mol. The van der Waals surface area contributed by atoms with Gasteiger partial charge in [-0.2, -0.15) is 0 Å². The molecule has 3 N–H and O–H groups in total. The van der Waals surface area contributed by atoms with Gasteiger partial charge in [-0.3, -0.25) is 23.9 Å². The van der Waals surface area contributed by atoms with E-state index in [0.29, 0.717) is 0 Å². The van der Waals surface area contributed by atoms with Gasteiger partial charge in [0, 0.05) is 23.5 Å². The van der Waals surface area contributed by atoms with Gasteiger partial charge in [-0.05, 0) is 13.8 Å². The standard InChI is InChI=1S/C14H17BrN2O7/c1-6(18)10(20)11-14(23,7(2)19)3-9(24-11)17-5-8(4-15)12(21)16-13(17)22/h5,9-11,20,23H,3-4H2,1-2H3,(H,16,21,22)/t9-,10?,11-,14-/m1/s1. The molecule has 1 aromatic rings. The number of ketones is 2. The third-order valence-corrected chi connectivity index (χ3v) is 4.67. The monoisotopic (exact) mass is 404 g/mol. The van der Waals surface area contributed by atoms with Crippen molar-refractivity contribution in [3.63, 3.8) is 0 Å². The number of hydrogen-bond acceptors (Lipinski definition) is 7. The van der Waals surface area contributed by atoms with Crippen molar-refractivity contribution in [2.75, 3.05) is 0 Å². The molecule has 1 aliphatic heterocycles. The number of carbonyl (C=O) groups is 2. The van der Waals surface area contributed by atoms with Crippen LogP contribution in [0.5, 0.6) is 0 Å². The number of Topliss-reactive ketones (excluding diaryl/α,β-unsaturated/α-hetero) is 2. The fourth-order valence-corrected chi connectivity index (χ4v) is 3.00. The summed E-state index contributed by atoms with van der Waals surface area (Å²) < 4.78 is 6.46. The zero-order valence-electron chi connectivity index (χ0n) is 13.0. The lowest BCUT2D eigenvalue weighted by molar-refractivity contribution is -0.158. The number of H-pyrrole nitrogens is 1. The van der Waals surface area contributed by atoms with E-state index in [4.69, 9.17) is 4.74 Å². The third kappa shape index (κ3) is 3.14. The van der Waals surface area contributed by atoms with Crippen molar-refractivity contribution in [1.82, 2.24) is 9.55 Å². The van der Waals surface area contributed by atoms with Gasteiger partial charge >= 0.3 is 5.69 Å². The van der Waals surface area contributed by atoms with E-state index in [1.807, 2.05) is 0 Å². The average Bonchev–Trinajstić information content (AvgIpc) is 2.85. The topological polar surface area (TPSA) is 139 Å². The molecule has 1 fully saturated rings. The molecule has 4 atom stereocenters. The lowest BCUT2D eigenvalue weighted by atomic mass is 9.86. The highest BCUT2D eigenvalue weighted by molar-refractivity contribution is 9.08. The van der Waals surface area contributed by atoms with Crippen LogP contribution in [-0.2, 0) is 19.7 Å². The van der Waals surface area contributed by atoms with Gasteiger partial charge in [0.05, 0.1) is 0 Å². The van der Waals surface area contributed by atoms with Crippen molar-refractivity contribution in [1.29, 1.82) is 0 Å². The van der Waals surface area contributed by atoms with E-state index in [9.17, 15) is 29.4 Å². The maximum Gasteiger partial charge on any atom is 0.330 e. The number of ether oxygens (including phenoxy) is 1. The molecule has 1 aromatic heterocycles. The Morgan fingerprint density at radius 1 is 1.50 bits per heavy atom. The van der Waals surface area contributed by atoms with E-state index in [1.165, 1.54) is 6.20 Å². The van der Waals surface area contributed by atoms with Crippen LogP contribution in [0, 0.1) is 0 Å². The van der Waals surface area contributed by atoms with Crippen LogP contribution in [0.3, 0.4) is 0 Å². The minimum absolute atomic E-state index is 0.172. The van der Waals surface area contributed by atoms with Crippen molar-refractivity contribution < 1.29 is 24.5 Å². The minimum Gasteiger partial charge on any atom is -0.382 e. The summed E-state index contributed by atoms with van der Waals surface area (Å²) in [5.41, 5.74) is -3.26. The highest BCUT2D eigenvalue weighted by atomic mass is 79.9. The van der Waals surface area contributed by atoms with Gasteiger partial charge in [-0.15, -0.1) is 0 Å². The first-order valence-corrected chi connectivity index (χ1v) is 8.21. The largest absolute Gasteiger partial charge is 0.382 e. The summed E-state index contributed by atoms with van der Waals surface area (Å²) in [4.78, 5) is 49.0. The Morgan fingerprint density at radius 3 is 2.62 bits per heavy atom. The third-order valence-electron chi connectivity index (χ3n) is 4.07. The molecule has 0 saturated carbocycles. The second kappa shape index (κ2) is 6.71. The van der Waals surface area contributed by atoms with E-state index >= 15 is 0 Å². The molecule has 10 heteroatoms. The summed E-state index contributed by atoms with van der Waals surface area (Å²) in [6.07, 6.45) is -3.46. The van der Waals surface area contributed by atoms with Gasteiger partial charge in [-0.25, -0.2) is 4.79 Å². The normalized spacial score (nSPS) is 27.9. The fourth-order valence-electron chi connectivity index (χ4n) is 2.61. The number of hydrogen-bond donors (Lipinski definition) is 3. The molecule has 1 saturated heterocycles. The lowest BCUT2D eigenvalue weighted by Gasteiger charge is -2.27. The van der Waals surface area contributed by atoms with Gasteiger partial charge in [0.2, 0.25) is 0 Å². The van der Waals surface area contributed by atoms with Gasteiger partial charge in [0.25, 0.3) is 5.56 Å². The van der Waals surface area contributed by atoms with Crippen molar-refractivity contribution >= 4 is 27.5 Å². The Bertz CT molecular complexity index is 786. The summed E-state index contributed by atoms with van der Waals surface area (Å²) >= 11 is 3.11. The Balaban J connectivity index is 2.48. The fraction of sp³-hybridized carbons (Fsp3) is 0.571. The zero-order chi connectivity index (χ0) is 18.2. The number of halogens is 1. The molecular weight excluding hydrogens is 388 g/mol. The first-order valence-electron chi connectivity index (χ1n) is 7.09. The molecule has 2 heterocycles. The van der Waals surface area contributed by atoms with Crippen LogP contribution in [0.2, 0.25) is 0 Å². The number of carbonyl (C=O) groups excluding carboxylic acids is 2. The van der Waals surface area contributed by atoms with Gasteiger partial charge < -0.3 is 14.9 Å². The molecule has 0 spiro atoms. The maximum absolute atomic E-state index is 12.0. The summed E-state index contributed by atoms with van der Waals surface area (Å²) in [5.74, 6) is -1.39. The summed E-state index contributed by atoms with van der Waals surface area (Å²) in [6.45, 7) is 2.20. The molecule has 1 aliphatic rings. The second-order valence-corrected chi connectivity index (χ2v) is 6.27. The van der Waals surface area contributed by atoms with Crippen LogP contribution < -0.4 is 11.2 Å². The van der Waals surface area contributed by atoms with Gasteiger partial charge in [-0.1, -0.05) is 15.9 Å². The molecule has 9 nitrogen and oxygen atoms in total. The first kappa shape index (κ1) is 18.7. The summed E-state index contributed by atoms with van der Waals surface area (Å²) in [5, 5.41) is 20.7. The van der Waals surface area contributed by atoms with Gasteiger partial charge in [0.1, 0.15) is 18.4 Å². The van der Waals surface area contributed by atoms with Crippen LogP contribution >= 0.6 is 15.9 Å². The summed E-state index contributed by atoms with van der Waals surface area (Å²) in [7, 11) is 0. The number of nitrogens with one attached hydrogen (secondary N) is 1. The molecule has 0 bridgehead atoms. The molecule has 0 aliphatic carbocycles. The number of alkyl halides is 1. The number of aliphatic hydroxyl groups is 2. The van der Waals surface area contributed by atoms with Crippen LogP contribution in [0.15, 0.2) is 15.8 Å². The second-order valence-electron chi connectivity index (χ2n) is 5.71. The Kier molecular flexibility index (Phi) is 5.23. The van der Waals surface area contributed by atoms with Crippen molar-refractivity contribution in [2.24, 2.45) is 0 Å². The average molecular weight is 405 g/mol. The SMILES string of the molecule is CC(=O)C(O)[C@H]1O[C@@H](n2cc(CBr)c(=O)[nH]c2=O)C[C@@]1(O)C(C)=O. The smallest absolute Gasteiger partial charge is 0.330 e. The minimum atomic E-state index is -2.13. The van der Waals surface area contributed by atoms with Crippen LogP contribution in [0.1, 0.15) is 32.1 Å². The van der Waals surface area contributed by atoms with Crippen LogP contribution in [0.25, 0.3) is 0 Å². The Morgan fingerprint density at radius 2 is 2.12 bits per heavy atom. The van der Waals surface area contributed by atoms with Crippen LogP contribution in [-0.4, -0.2) is 49.1 Å². The number of aliphatic hydroxyl groups excluding tert-OH is 1. The number of rotatable bonds is 5. The maximum atomic E-state index is 12.0. The number of aromatic amines is 1. The van der Waals surface area contributed by atoms with E-state index < -0.39 is 46.9 Å². The highest BCUT2D eigenvalue weighted by Crippen LogP contribution is 2.38. The van der Waals surface area contributed by atoms with Crippen molar-refractivity contribution in [3.05, 3.63) is 32.6 Å². The Labute approximate surface area is 144 Å². The molecule has 1 unspecified atom stereocenters. The number of aromatic nitrogens is 2. The van der Waals surface area contributed by atoms with E-state index in [0.717, 1.165) is 18.4 Å². The molecule has 132 valence electrons. The quantitative estimate of drug-likeness (QED) is 0.534. The Hall–Kier alpha value is -1.62. The van der Waals surface area contributed by atoms with E-state index in [2.05, 4.69) is 20.9 Å². The molecule has 0 amide bonds. The van der Waals surface area contributed by atoms with E-state index in [-0.39, 0.29) is 17.3 Å². The molecule has 0 radical (unpaired) electrons. The van der Waals surface area contributed by atoms with Crippen LogP contribution in [0.4, 0.5) is 0 Å². The van der Waals surface area contributed by atoms with Crippen molar-refractivity contribution in [3.8, 4) is 0 Å². The molecule has 2 rings (SSSR count). The molecule has 24 heavy (non-hydrogen) atoms. The lowest BCUT2D eigenvalue weighted by Crippen LogP contribution is -2.52. The highest BCUT2D eigenvalue weighted by Gasteiger charge is 2.55. The first-order chi connectivity index (χ1) is 11.1. The van der Waals surface area contributed by atoms with Crippen molar-refractivity contribution in [2.45, 2.75) is 49.6 Å². The molecule has 0 aromatic carbocycles. The molecular formula is C14H17BrN2O7. The summed E-state index contributed by atoms with van der Waals surface area (Å²) in [6, 6.07) is 0. The zero-order valence-corrected chi connectivity index (χ0v) is 14.6. The van der Waals surface area contributed by atoms with Gasteiger partial charge in [0.15, 0.2) is 17.2 Å². The van der Waals surface area contributed by atoms with E-state index in [1.54, 1.807) is 0 Å². The predicted octanol–water partition coefficient (Wildman–Crippen LogP) is -1.01.